The van der Waals surface area contributed by atoms with Gasteiger partial charge in [-0.05, 0) is 120 Å². The first kappa shape index (κ1) is 11.9. The van der Waals surface area contributed by atoms with Gasteiger partial charge in [0, 0.05) is 0 Å². The van der Waals surface area contributed by atoms with Crippen LogP contribution >= 0.6 is 0 Å². The highest BCUT2D eigenvalue weighted by Crippen LogP contribution is 2.40. The third kappa shape index (κ3) is 1.39. The fraction of sp³-hybridized carbons (Fsp3) is 0.455. The molecule has 0 heteroatoms. The maximum Gasteiger partial charge on any atom is -0.0232 e. The summed E-state index contributed by atoms with van der Waals surface area (Å²) in [4.78, 5) is 0. The van der Waals surface area contributed by atoms with Crippen LogP contribution in [-0.4, -0.2) is 0 Å². The summed E-state index contributed by atoms with van der Waals surface area (Å²) in [6, 6.07) is 5.03. The van der Waals surface area contributed by atoms with Gasteiger partial charge in [0.2, 0.25) is 0 Å². The number of benzene rings is 2. The van der Waals surface area contributed by atoms with Gasteiger partial charge in [0.05, 0.1) is 0 Å². The Morgan fingerprint density at radius 1 is 0.455 bits per heavy atom. The Morgan fingerprint density at radius 3 is 1.00 bits per heavy atom. The van der Waals surface area contributed by atoms with Crippen molar-refractivity contribution in [1.29, 1.82) is 0 Å². The zero-order chi connectivity index (χ0) is 14.3. The molecule has 0 heterocycles. The third-order valence-corrected chi connectivity index (χ3v) is 6.91. The second-order valence-electron chi connectivity index (χ2n) is 7.76. The predicted octanol–water partition coefficient (Wildman–Crippen LogP) is 3.87. The molecule has 4 aliphatic carbocycles. The van der Waals surface area contributed by atoms with Crippen molar-refractivity contribution in [3.05, 3.63) is 67.8 Å². The molecule has 0 saturated heterocycles. The Kier molecular flexibility index (Phi) is 2.19. The zero-order valence-electron chi connectivity index (χ0n) is 13.2. The maximum atomic E-state index is 2.52. The van der Waals surface area contributed by atoms with E-state index in [9.17, 15) is 0 Å². The molecule has 4 aliphatic rings. The Balaban J connectivity index is 1.38. The molecule has 0 bridgehead atoms. The summed E-state index contributed by atoms with van der Waals surface area (Å²) in [5, 5.41) is 0. The van der Waals surface area contributed by atoms with Crippen LogP contribution in [0.3, 0.4) is 0 Å². The van der Waals surface area contributed by atoms with E-state index in [-0.39, 0.29) is 0 Å². The van der Waals surface area contributed by atoms with E-state index < -0.39 is 0 Å². The van der Waals surface area contributed by atoms with E-state index in [4.69, 9.17) is 0 Å². The number of hydrogen-bond donors (Lipinski definition) is 0. The lowest BCUT2D eigenvalue weighted by molar-refractivity contribution is 0.709. The Bertz CT molecular complexity index is 706. The smallest absolute Gasteiger partial charge is 0.0232 e. The molecule has 0 nitrogen and oxygen atoms in total. The van der Waals surface area contributed by atoms with E-state index in [2.05, 4.69) is 12.1 Å². The summed E-state index contributed by atoms with van der Waals surface area (Å²) >= 11 is 0. The topological polar surface area (TPSA) is 0 Å². The molecule has 110 valence electrons. The number of hydrogen-bond acceptors (Lipinski definition) is 0. The summed E-state index contributed by atoms with van der Waals surface area (Å²) in [7, 11) is 0. The molecule has 0 unspecified atom stereocenters. The molecule has 6 rings (SSSR count). The molecule has 0 spiro atoms. The van der Waals surface area contributed by atoms with Crippen LogP contribution in [0.4, 0.5) is 0 Å². The average Bonchev–Trinajstić information content (AvgIpc) is 2.37. The summed E-state index contributed by atoms with van der Waals surface area (Å²) in [5.74, 6) is 0. The van der Waals surface area contributed by atoms with Gasteiger partial charge in [-0.1, -0.05) is 12.1 Å². The van der Waals surface area contributed by atoms with Crippen LogP contribution in [0.15, 0.2) is 12.1 Å². The van der Waals surface area contributed by atoms with E-state index in [1.807, 2.05) is 0 Å². The van der Waals surface area contributed by atoms with Crippen molar-refractivity contribution in [1.82, 2.24) is 0 Å². The van der Waals surface area contributed by atoms with Crippen LogP contribution in [0.5, 0.6) is 0 Å². The second kappa shape index (κ2) is 4.04. The van der Waals surface area contributed by atoms with Crippen LogP contribution < -0.4 is 0 Å². The van der Waals surface area contributed by atoms with E-state index in [1.54, 1.807) is 55.6 Å². The quantitative estimate of drug-likeness (QED) is 0.803. The molecule has 2 aromatic carbocycles. The molecule has 0 N–H and O–H groups in total. The summed E-state index contributed by atoms with van der Waals surface area (Å²) in [6.45, 7) is 0. The van der Waals surface area contributed by atoms with Crippen molar-refractivity contribution in [2.24, 2.45) is 0 Å². The van der Waals surface area contributed by atoms with Gasteiger partial charge in [-0.3, -0.25) is 0 Å². The van der Waals surface area contributed by atoms with Crippen molar-refractivity contribution in [3.8, 4) is 0 Å². The first-order valence-electron chi connectivity index (χ1n) is 9.19. The molecular formula is C22H22. The molecule has 2 aromatic rings. The minimum absolute atomic E-state index is 1.31. The van der Waals surface area contributed by atoms with E-state index in [0.29, 0.717) is 0 Å². The van der Waals surface area contributed by atoms with Gasteiger partial charge in [-0.15, -0.1) is 0 Å². The number of aryl methyl sites for hydroxylation is 4. The largest absolute Gasteiger partial charge is 0.0552 e. The fourth-order valence-electron chi connectivity index (χ4n) is 5.23. The van der Waals surface area contributed by atoms with Crippen LogP contribution in [-0.2, 0) is 64.2 Å². The van der Waals surface area contributed by atoms with E-state index in [1.165, 1.54) is 64.2 Å². The molecule has 0 fully saturated rings. The van der Waals surface area contributed by atoms with Crippen LogP contribution in [0.25, 0.3) is 0 Å². The first-order valence-corrected chi connectivity index (χ1v) is 9.19. The minimum atomic E-state index is 1.31. The van der Waals surface area contributed by atoms with Gasteiger partial charge >= 0.3 is 0 Å². The molecule has 22 heavy (non-hydrogen) atoms. The van der Waals surface area contributed by atoms with Crippen LogP contribution in [0.1, 0.15) is 55.6 Å². The maximum absolute atomic E-state index is 2.52. The first-order chi connectivity index (χ1) is 10.9. The molecule has 0 atom stereocenters. The van der Waals surface area contributed by atoms with Gasteiger partial charge in [-0.2, -0.15) is 0 Å². The van der Waals surface area contributed by atoms with Gasteiger partial charge in [-0.25, -0.2) is 0 Å². The van der Waals surface area contributed by atoms with Crippen molar-refractivity contribution < 1.29 is 0 Å². The van der Waals surface area contributed by atoms with E-state index in [0.717, 1.165) is 0 Å². The molecule has 0 saturated carbocycles. The standard InChI is InChI=1S/C22H22/c1-5-17-13(1)11-14-2-6-18(14)21(17)9-10-22-19-7-3-15(19)12-16-4-8-20(16)22/h11-12H,1-10H2. The number of rotatable bonds is 3. The molecule has 0 aromatic heterocycles. The lowest BCUT2D eigenvalue weighted by atomic mass is 9.70. The van der Waals surface area contributed by atoms with Crippen molar-refractivity contribution in [2.75, 3.05) is 0 Å². The van der Waals surface area contributed by atoms with Crippen molar-refractivity contribution in [3.63, 3.8) is 0 Å². The van der Waals surface area contributed by atoms with Crippen LogP contribution in [0.2, 0.25) is 0 Å². The normalized spacial score (nSPS) is 18.7. The Hall–Kier alpha value is -1.56. The molecular weight excluding hydrogens is 264 g/mol. The Labute approximate surface area is 132 Å². The second-order valence-corrected chi connectivity index (χ2v) is 7.76. The van der Waals surface area contributed by atoms with Crippen LogP contribution in [0, 0.1) is 0 Å². The summed E-state index contributed by atoms with van der Waals surface area (Å²) in [5.41, 5.74) is 17.2. The average molecular weight is 286 g/mol. The van der Waals surface area contributed by atoms with Crippen molar-refractivity contribution in [2.45, 2.75) is 64.2 Å². The molecule has 0 amide bonds. The summed E-state index contributed by atoms with van der Waals surface area (Å²) < 4.78 is 0. The highest BCUT2D eigenvalue weighted by atomic mass is 14.3. The van der Waals surface area contributed by atoms with Crippen molar-refractivity contribution >= 4 is 0 Å². The third-order valence-electron chi connectivity index (χ3n) is 6.91. The fourth-order valence-corrected chi connectivity index (χ4v) is 5.23. The highest BCUT2D eigenvalue weighted by molar-refractivity contribution is 5.57. The van der Waals surface area contributed by atoms with Gasteiger partial charge in [0.15, 0.2) is 0 Å². The molecule has 0 radical (unpaired) electrons. The highest BCUT2D eigenvalue weighted by Gasteiger charge is 2.29. The number of fused-ring (bicyclic) bond motifs is 4. The SMILES string of the molecule is c1c2c(c(CCc3c4c(cc5c3CC5)CC4)c3c1CC3)CC2. The summed E-state index contributed by atoms with van der Waals surface area (Å²) in [6.07, 6.45) is 13.4. The van der Waals surface area contributed by atoms with Gasteiger partial charge < -0.3 is 0 Å². The molecule has 0 aliphatic heterocycles. The lowest BCUT2D eigenvalue weighted by Crippen LogP contribution is -2.24. The Morgan fingerprint density at radius 2 is 0.773 bits per heavy atom. The minimum Gasteiger partial charge on any atom is -0.0552 e. The zero-order valence-corrected chi connectivity index (χ0v) is 13.2. The predicted molar refractivity (Wildman–Crippen MR) is 89.9 cm³/mol. The van der Waals surface area contributed by atoms with Gasteiger partial charge in [0.25, 0.3) is 0 Å². The van der Waals surface area contributed by atoms with Gasteiger partial charge in [0.1, 0.15) is 0 Å². The monoisotopic (exact) mass is 286 g/mol. The van der Waals surface area contributed by atoms with E-state index >= 15 is 0 Å². The lowest BCUT2D eigenvalue weighted by Gasteiger charge is -2.34.